The van der Waals surface area contributed by atoms with Gasteiger partial charge in [0.25, 0.3) is 0 Å². The minimum absolute atomic E-state index is 0.0151. The molecule has 0 aliphatic rings. The number of aromatic hydroxyl groups is 1. The van der Waals surface area contributed by atoms with Crippen molar-refractivity contribution in [2.75, 3.05) is 11.9 Å². The average Bonchev–Trinajstić information content (AvgIpc) is 2.20. The highest BCUT2D eigenvalue weighted by molar-refractivity contribution is 9.09. The summed E-state index contributed by atoms with van der Waals surface area (Å²) >= 11 is 3.15. The second kappa shape index (κ2) is 5.22. The first-order valence-electron chi connectivity index (χ1n) is 4.39. The third-order valence-corrected chi connectivity index (χ3v) is 2.45. The monoisotopic (exact) mass is 260 g/mol. The molecular weight excluding hydrogens is 248 g/mol. The number of ether oxygens (including phenoxy) is 1. The van der Waals surface area contributed by atoms with Crippen LogP contribution in [0.1, 0.15) is 18.6 Å². The van der Waals surface area contributed by atoms with Gasteiger partial charge in [-0.2, -0.15) is 0 Å². The van der Waals surface area contributed by atoms with E-state index >= 15 is 0 Å². The first kappa shape index (κ1) is 11.3. The Morgan fingerprint density at radius 2 is 2.21 bits per heavy atom. The van der Waals surface area contributed by atoms with Crippen LogP contribution in [-0.4, -0.2) is 22.2 Å². The lowest BCUT2D eigenvalue weighted by Gasteiger charge is -2.12. The molecule has 0 saturated carbocycles. The molecule has 0 heterocycles. The van der Waals surface area contributed by atoms with E-state index in [2.05, 4.69) is 15.9 Å². The molecular formula is C10H13BrO3. The minimum Gasteiger partial charge on any atom is -0.504 e. The lowest BCUT2D eigenvalue weighted by atomic mass is 10.1. The third kappa shape index (κ3) is 2.39. The lowest BCUT2D eigenvalue weighted by Crippen LogP contribution is -2.00. The maximum absolute atomic E-state index is 9.72. The number of hydrogen-bond acceptors (Lipinski definition) is 3. The average molecular weight is 261 g/mol. The van der Waals surface area contributed by atoms with Gasteiger partial charge in [0.15, 0.2) is 11.5 Å². The van der Waals surface area contributed by atoms with Crippen LogP contribution in [0, 0.1) is 0 Å². The van der Waals surface area contributed by atoms with Crippen LogP contribution in [0.15, 0.2) is 18.2 Å². The van der Waals surface area contributed by atoms with Gasteiger partial charge in [0.05, 0.1) is 12.7 Å². The zero-order chi connectivity index (χ0) is 10.6. The molecule has 0 aromatic heterocycles. The van der Waals surface area contributed by atoms with E-state index in [4.69, 9.17) is 4.74 Å². The number of hydrogen-bond donors (Lipinski definition) is 2. The van der Waals surface area contributed by atoms with E-state index in [9.17, 15) is 10.2 Å². The molecule has 0 bridgehead atoms. The smallest absolute Gasteiger partial charge is 0.163 e. The van der Waals surface area contributed by atoms with Gasteiger partial charge in [-0.1, -0.05) is 28.1 Å². The van der Waals surface area contributed by atoms with Crippen LogP contribution in [0.3, 0.4) is 0 Å². The summed E-state index contributed by atoms with van der Waals surface area (Å²) in [5, 5.41) is 19.6. The fourth-order valence-corrected chi connectivity index (χ4v) is 1.51. The number of para-hydroxylation sites is 1. The molecule has 1 aromatic rings. The Hall–Kier alpha value is -0.740. The molecule has 78 valence electrons. The van der Waals surface area contributed by atoms with Crippen LogP contribution in [0.5, 0.6) is 11.5 Å². The topological polar surface area (TPSA) is 49.7 Å². The van der Waals surface area contributed by atoms with Crippen molar-refractivity contribution in [3.63, 3.8) is 0 Å². The van der Waals surface area contributed by atoms with Crippen molar-refractivity contribution >= 4 is 15.9 Å². The van der Waals surface area contributed by atoms with Gasteiger partial charge in [-0.05, 0) is 13.0 Å². The fourth-order valence-electron chi connectivity index (χ4n) is 1.16. The highest BCUT2D eigenvalue weighted by atomic mass is 79.9. The summed E-state index contributed by atoms with van der Waals surface area (Å²) in [6, 6.07) is 5.08. The summed E-state index contributed by atoms with van der Waals surface area (Å²) in [5.41, 5.74) is 0.479. The molecule has 0 spiro atoms. The van der Waals surface area contributed by atoms with Crippen molar-refractivity contribution in [2.24, 2.45) is 0 Å². The molecule has 0 amide bonds. The van der Waals surface area contributed by atoms with E-state index < -0.39 is 6.10 Å². The number of alkyl halides is 1. The van der Waals surface area contributed by atoms with Gasteiger partial charge in [0, 0.05) is 10.9 Å². The summed E-state index contributed by atoms with van der Waals surface area (Å²) < 4.78 is 5.20. The molecule has 0 fully saturated rings. The van der Waals surface area contributed by atoms with Gasteiger partial charge in [-0.25, -0.2) is 0 Å². The first-order valence-corrected chi connectivity index (χ1v) is 5.51. The van der Waals surface area contributed by atoms with Crippen molar-refractivity contribution < 1.29 is 14.9 Å². The maximum atomic E-state index is 9.72. The quantitative estimate of drug-likeness (QED) is 0.817. The van der Waals surface area contributed by atoms with Gasteiger partial charge in [-0.3, -0.25) is 0 Å². The fraction of sp³-hybridized carbons (Fsp3) is 0.400. The van der Waals surface area contributed by atoms with Crippen molar-refractivity contribution in [2.45, 2.75) is 13.0 Å². The minimum atomic E-state index is -0.713. The molecule has 0 aliphatic heterocycles. The number of rotatable bonds is 4. The number of aliphatic hydroxyl groups is 1. The van der Waals surface area contributed by atoms with E-state index in [-0.39, 0.29) is 5.75 Å². The summed E-state index contributed by atoms with van der Waals surface area (Å²) in [7, 11) is 0. The molecule has 0 radical (unpaired) electrons. The highest BCUT2D eigenvalue weighted by Gasteiger charge is 2.14. The summed E-state index contributed by atoms with van der Waals surface area (Å²) in [5.74, 6) is 0.423. The SMILES string of the molecule is CCOc1cccc(C(O)CBr)c1O. The Morgan fingerprint density at radius 3 is 2.79 bits per heavy atom. The van der Waals surface area contributed by atoms with Crippen LogP contribution in [0.25, 0.3) is 0 Å². The zero-order valence-electron chi connectivity index (χ0n) is 7.90. The number of benzene rings is 1. The third-order valence-electron chi connectivity index (χ3n) is 1.84. The standard InChI is InChI=1S/C10H13BrO3/c1-2-14-9-5-3-4-7(10(9)13)8(12)6-11/h3-5,8,12-13H,2,6H2,1H3. The van der Waals surface area contributed by atoms with Crippen molar-refractivity contribution in [3.05, 3.63) is 23.8 Å². The van der Waals surface area contributed by atoms with Crippen molar-refractivity contribution in [1.29, 1.82) is 0 Å². The van der Waals surface area contributed by atoms with Gasteiger partial charge >= 0.3 is 0 Å². The number of aliphatic hydroxyl groups excluding tert-OH is 1. The van der Waals surface area contributed by atoms with Gasteiger partial charge in [0.2, 0.25) is 0 Å². The maximum Gasteiger partial charge on any atom is 0.163 e. The zero-order valence-corrected chi connectivity index (χ0v) is 9.49. The van der Waals surface area contributed by atoms with Crippen molar-refractivity contribution in [1.82, 2.24) is 0 Å². The normalized spacial score (nSPS) is 12.5. The van der Waals surface area contributed by atoms with Crippen LogP contribution in [0.2, 0.25) is 0 Å². The second-order valence-corrected chi connectivity index (χ2v) is 3.44. The molecule has 14 heavy (non-hydrogen) atoms. The summed E-state index contributed by atoms with van der Waals surface area (Å²) in [6.07, 6.45) is -0.713. The van der Waals surface area contributed by atoms with Crippen LogP contribution >= 0.6 is 15.9 Å². The molecule has 4 heteroatoms. The second-order valence-electron chi connectivity index (χ2n) is 2.80. The van der Waals surface area contributed by atoms with Crippen LogP contribution in [-0.2, 0) is 0 Å². The molecule has 1 atom stereocenters. The van der Waals surface area contributed by atoms with Gasteiger partial charge in [-0.15, -0.1) is 0 Å². The molecule has 1 aromatic carbocycles. The molecule has 2 N–H and O–H groups in total. The van der Waals surface area contributed by atoms with Crippen LogP contribution < -0.4 is 4.74 Å². The van der Waals surface area contributed by atoms with Crippen molar-refractivity contribution in [3.8, 4) is 11.5 Å². The number of phenols is 1. The van der Waals surface area contributed by atoms with Crippen LogP contribution in [0.4, 0.5) is 0 Å². The molecule has 3 nitrogen and oxygen atoms in total. The molecule has 0 saturated heterocycles. The van der Waals surface area contributed by atoms with E-state index in [1.807, 2.05) is 6.92 Å². The van der Waals surface area contributed by atoms with E-state index in [0.29, 0.717) is 23.2 Å². The Labute approximate surface area is 91.5 Å². The Balaban J connectivity index is 3.00. The summed E-state index contributed by atoms with van der Waals surface area (Å²) in [6.45, 7) is 2.33. The van der Waals surface area contributed by atoms with E-state index in [0.717, 1.165) is 0 Å². The number of phenolic OH excluding ortho intramolecular Hbond substituents is 1. The molecule has 1 rings (SSSR count). The van der Waals surface area contributed by atoms with E-state index in [1.54, 1.807) is 18.2 Å². The van der Waals surface area contributed by atoms with E-state index in [1.165, 1.54) is 0 Å². The first-order chi connectivity index (χ1) is 6.70. The number of halogens is 1. The molecule has 0 aliphatic carbocycles. The van der Waals surface area contributed by atoms with Gasteiger partial charge < -0.3 is 14.9 Å². The Morgan fingerprint density at radius 1 is 1.50 bits per heavy atom. The summed E-state index contributed by atoms with van der Waals surface area (Å²) in [4.78, 5) is 0. The largest absolute Gasteiger partial charge is 0.504 e. The Kier molecular flexibility index (Phi) is 4.22. The lowest BCUT2D eigenvalue weighted by molar-refractivity contribution is 0.199. The highest BCUT2D eigenvalue weighted by Crippen LogP contribution is 2.34. The predicted octanol–water partition coefficient (Wildman–Crippen LogP) is 2.22. The molecule has 1 unspecified atom stereocenters. The van der Waals surface area contributed by atoms with Gasteiger partial charge in [0.1, 0.15) is 0 Å². The Bertz CT molecular complexity index is 301. The predicted molar refractivity (Wildman–Crippen MR) is 58.0 cm³/mol.